The van der Waals surface area contributed by atoms with Gasteiger partial charge in [-0.25, -0.2) is 0 Å². The van der Waals surface area contributed by atoms with E-state index in [1.165, 1.54) is 0 Å². The van der Waals surface area contributed by atoms with Gasteiger partial charge in [0.2, 0.25) is 0 Å². The fraction of sp³-hybridized carbons (Fsp3) is 0. The molecule has 0 heterocycles. The molecule has 0 aromatic rings. The first-order valence-electron chi connectivity index (χ1n) is 0. The summed E-state index contributed by atoms with van der Waals surface area (Å²) in [5.74, 6) is 0. The Kier molecular flexibility index (Phi) is 278. The van der Waals surface area contributed by atoms with Crippen LogP contribution in [0.1, 0.15) is 0 Å². The first kappa shape index (κ1) is 48.2. The van der Waals surface area contributed by atoms with Crippen molar-refractivity contribution in [2.24, 2.45) is 0 Å². The second-order valence-electron chi connectivity index (χ2n) is 0. The Balaban J connectivity index is 0. The van der Waals surface area contributed by atoms with Gasteiger partial charge in [-0.15, -0.1) is 0 Å². The summed E-state index contributed by atoms with van der Waals surface area (Å²) in [6.45, 7) is 0. The van der Waals surface area contributed by atoms with Gasteiger partial charge < -0.3 is 0 Å². The van der Waals surface area contributed by atoms with Gasteiger partial charge in [0.25, 0.3) is 0 Å². The molecule has 6 heavy (non-hydrogen) atoms. The van der Waals surface area contributed by atoms with Crippen LogP contribution in [0.15, 0.2) is 0 Å². The average molecular weight is 300 g/mol. The Labute approximate surface area is 135 Å². The SMILES string of the molecule is [Cr].[Cr].[Cr].[Cr].[Cr].[KH]. The molecule has 0 spiro atoms. The molecule has 0 amide bonds. The van der Waals surface area contributed by atoms with Crippen LogP contribution in [0.2, 0.25) is 0 Å². The van der Waals surface area contributed by atoms with Gasteiger partial charge in [-0.3, -0.25) is 0 Å². The molecule has 0 N–H and O–H groups in total. The van der Waals surface area contributed by atoms with Crippen LogP contribution in [0.25, 0.3) is 0 Å². The van der Waals surface area contributed by atoms with Crippen molar-refractivity contribution in [3.05, 3.63) is 0 Å². The number of rotatable bonds is 0. The Bertz CT molecular complexity index is 3.90. The maximum atomic E-state index is 0. The third-order valence-corrected chi connectivity index (χ3v) is 0. The van der Waals surface area contributed by atoms with Crippen molar-refractivity contribution in [3.8, 4) is 0 Å². The summed E-state index contributed by atoms with van der Waals surface area (Å²) in [5.41, 5.74) is 0. The van der Waals surface area contributed by atoms with Crippen molar-refractivity contribution in [2.45, 2.75) is 0 Å². The second kappa shape index (κ2) is 34.7. The molecule has 0 aromatic heterocycles. The molecule has 0 fully saturated rings. The molecule has 0 rings (SSSR count). The molecule has 0 bridgehead atoms. The second-order valence-corrected chi connectivity index (χ2v) is 0. The van der Waals surface area contributed by atoms with Crippen LogP contribution in [0.5, 0.6) is 0 Å². The Hall–Kier alpha value is 4.30. The van der Waals surface area contributed by atoms with Gasteiger partial charge in [0, 0.05) is 86.8 Å². The summed E-state index contributed by atoms with van der Waals surface area (Å²) < 4.78 is 0. The van der Waals surface area contributed by atoms with E-state index in [1.807, 2.05) is 0 Å². The zero-order chi connectivity index (χ0) is 0. The summed E-state index contributed by atoms with van der Waals surface area (Å²) in [6, 6.07) is 0. The van der Waals surface area contributed by atoms with Crippen LogP contribution in [0, 0.1) is 0 Å². The quantitative estimate of drug-likeness (QED) is 0.521. The van der Waals surface area contributed by atoms with Crippen LogP contribution in [-0.2, 0) is 86.8 Å². The van der Waals surface area contributed by atoms with Gasteiger partial charge >= 0.3 is 51.4 Å². The van der Waals surface area contributed by atoms with Crippen LogP contribution in [0.3, 0.4) is 0 Å². The van der Waals surface area contributed by atoms with Crippen molar-refractivity contribution in [1.82, 2.24) is 0 Å². The third-order valence-electron chi connectivity index (χ3n) is 0. The summed E-state index contributed by atoms with van der Waals surface area (Å²) in [4.78, 5) is 0. The van der Waals surface area contributed by atoms with Crippen LogP contribution >= 0.6 is 0 Å². The van der Waals surface area contributed by atoms with Crippen LogP contribution in [-0.4, -0.2) is 51.4 Å². The summed E-state index contributed by atoms with van der Waals surface area (Å²) in [6.07, 6.45) is 0. The molecule has 32 valence electrons. The van der Waals surface area contributed by atoms with Gasteiger partial charge in [-0.05, 0) is 0 Å². The molecule has 0 aliphatic carbocycles. The summed E-state index contributed by atoms with van der Waals surface area (Å²) in [7, 11) is 0. The number of hydrogen-bond donors (Lipinski definition) is 0. The summed E-state index contributed by atoms with van der Waals surface area (Å²) in [5, 5.41) is 0. The number of hydrogen-bond acceptors (Lipinski definition) is 0. The zero-order valence-corrected chi connectivity index (χ0v) is 8.42. The van der Waals surface area contributed by atoms with E-state index in [1.54, 1.807) is 0 Å². The standard InChI is InChI=1S/5Cr.K.H. The van der Waals surface area contributed by atoms with E-state index in [2.05, 4.69) is 0 Å². The van der Waals surface area contributed by atoms with Crippen LogP contribution < -0.4 is 0 Å². The van der Waals surface area contributed by atoms with Gasteiger partial charge in [-0.2, -0.15) is 0 Å². The van der Waals surface area contributed by atoms with E-state index in [4.69, 9.17) is 0 Å². The van der Waals surface area contributed by atoms with Crippen molar-refractivity contribution < 1.29 is 86.8 Å². The molecule has 0 aliphatic rings. The van der Waals surface area contributed by atoms with Crippen LogP contribution in [0.4, 0.5) is 0 Å². The van der Waals surface area contributed by atoms with E-state index in [9.17, 15) is 0 Å². The fourth-order valence-electron chi connectivity index (χ4n) is 0. The Morgan fingerprint density at radius 3 is 0.333 bits per heavy atom. The summed E-state index contributed by atoms with van der Waals surface area (Å²) >= 11 is 0. The van der Waals surface area contributed by atoms with Crippen molar-refractivity contribution in [3.63, 3.8) is 0 Å². The van der Waals surface area contributed by atoms with Gasteiger partial charge in [0.05, 0.1) is 0 Å². The molecule has 0 unspecified atom stereocenters. The molecular weight excluding hydrogens is 299 g/mol. The first-order valence-corrected chi connectivity index (χ1v) is 0. The minimum absolute atomic E-state index is 0. The molecule has 0 aromatic carbocycles. The topological polar surface area (TPSA) is 0 Å². The Morgan fingerprint density at radius 2 is 0.333 bits per heavy atom. The normalized spacial score (nSPS) is 0. The van der Waals surface area contributed by atoms with Crippen molar-refractivity contribution in [2.75, 3.05) is 0 Å². The van der Waals surface area contributed by atoms with E-state index in [0.717, 1.165) is 0 Å². The molecule has 0 radical (unpaired) electrons. The van der Waals surface area contributed by atoms with E-state index >= 15 is 0 Å². The molecule has 0 atom stereocenters. The predicted octanol–water partition coefficient (Wildman–Crippen LogP) is -0.661. The molecule has 0 nitrogen and oxygen atoms in total. The predicted molar refractivity (Wildman–Crippen MR) is 7.15 cm³/mol. The first-order chi connectivity index (χ1) is 0. The van der Waals surface area contributed by atoms with E-state index < -0.39 is 0 Å². The molecule has 0 saturated heterocycles. The molecular formula is HCr5K. The monoisotopic (exact) mass is 300 g/mol. The molecule has 0 saturated carbocycles. The zero-order valence-electron chi connectivity index (χ0n) is 2.04. The molecule has 6 heteroatoms. The van der Waals surface area contributed by atoms with Gasteiger partial charge in [0.15, 0.2) is 0 Å². The maximum absolute atomic E-state index is 0. The average Bonchev–Trinajstić information content (AvgIpc) is 0. The van der Waals surface area contributed by atoms with Gasteiger partial charge in [0.1, 0.15) is 0 Å². The van der Waals surface area contributed by atoms with E-state index in [0.29, 0.717) is 0 Å². The fourth-order valence-corrected chi connectivity index (χ4v) is 0. The van der Waals surface area contributed by atoms with E-state index in [-0.39, 0.29) is 138 Å². The van der Waals surface area contributed by atoms with Crippen molar-refractivity contribution >= 4 is 51.4 Å². The van der Waals surface area contributed by atoms with Gasteiger partial charge in [-0.1, -0.05) is 0 Å². The Morgan fingerprint density at radius 1 is 0.333 bits per heavy atom. The third kappa shape index (κ3) is 23.9. The minimum atomic E-state index is 0. The molecule has 0 aliphatic heterocycles. The van der Waals surface area contributed by atoms with Crippen molar-refractivity contribution in [1.29, 1.82) is 0 Å².